The van der Waals surface area contributed by atoms with Gasteiger partial charge in [-0.1, -0.05) is 13.0 Å². The summed E-state index contributed by atoms with van der Waals surface area (Å²) in [5.41, 5.74) is 5.22. The molecule has 3 nitrogen and oxygen atoms in total. The van der Waals surface area contributed by atoms with Gasteiger partial charge in [-0.2, -0.15) is 0 Å². The molecule has 1 atom stereocenters. The van der Waals surface area contributed by atoms with Crippen molar-refractivity contribution in [2.24, 2.45) is 5.84 Å². The normalized spacial score (nSPS) is 12.6. The Kier molecular flexibility index (Phi) is 4.47. The van der Waals surface area contributed by atoms with Gasteiger partial charge >= 0.3 is 0 Å². The Balaban J connectivity index is 2.10. The molecule has 0 aliphatic rings. The standard InChI is InChI=1S/C14H19N3S/c1-3-11-5-6-12(16-9-11)8-13(17-15)14-7-4-10(2)18-14/h4-7,9,13,17H,3,8,15H2,1-2H3. The second-order valence-corrected chi connectivity index (χ2v) is 5.70. The fourth-order valence-electron chi connectivity index (χ4n) is 1.88. The molecular weight excluding hydrogens is 242 g/mol. The van der Waals surface area contributed by atoms with Crippen molar-refractivity contribution in [3.63, 3.8) is 0 Å². The van der Waals surface area contributed by atoms with Crippen LogP contribution in [0.25, 0.3) is 0 Å². The van der Waals surface area contributed by atoms with E-state index in [4.69, 9.17) is 5.84 Å². The van der Waals surface area contributed by atoms with Crippen molar-refractivity contribution in [2.75, 3.05) is 0 Å². The summed E-state index contributed by atoms with van der Waals surface area (Å²) in [7, 11) is 0. The third-order valence-corrected chi connectivity index (χ3v) is 4.13. The molecule has 2 heterocycles. The van der Waals surface area contributed by atoms with Crippen LogP contribution in [-0.4, -0.2) is 4.98 Å². The molecule has 0 amide bonds. The minimum absolute atomic E-state index is 0.142. The van der Waals surface area contributed by atoms with Crippen LogP contribution < -0.4 is 11.3 Å². The average molecular weight is 261 g/mol. The zero-order chi connectivity index (χ0) is 13.0. The zero-order valence-electron chi connectivity index (χ0n) is 10.8. The van der Waals surface area contributed by atoms with Crippen LogP contribution in [0.1, 0.15) is 34.0 Å². The van der Waals surface area contributed by atoms with E-state index in [0.717, 1.165) is 18.5 Å². The van der Waals surface area contributed by atoms with Crippen molar-refractivity contribution >= 4 is 11.3 Å². The molecule has 18 heavy (non-hydrogen) atoms. The van der Waals surface area contributed by atoms with E-state index in [9.17, 15) is 0 Å². The fourth-order valence-corrected chi connectivity index (χ4v) is 2.81. The summed E-state index contributed by atoms with van der Waals surface area (Å²) in [6.45, 7) is 4.24. The first kappa shape index (κ1) is 13.2. The molecule has 0 fully saturated rings. The summed E-state index contributed by atoms with van der Waals surface area (Å²) >= 11 is 1.78. The summed E-state index contributed by atoms with van der Waals surface area (Å²) in [6.07, 6.45) is 3.79. The lowest BCUT2D eigenvalue weighted by molar-refractivity contribution is 0.554. The summed E-state index contributed by atoms with van der Waals surface area (Å²) in [5.74, 6) is 5.65. The number of pyridine rings is 1. The third kappa shape index (κ3) is 3.16. The SMILES string of the molecule is CCc1ccc(CC(NN)c2ccc(C)s2)nc1. The first-order chi connectivity index (χ1) is 8.72. The highest BCUT2D eigenvalue weighted by atomic mass is 32.1. The van der Waals surface area contributed by atoms with Crippen molar-refractivity contribution in [3.05, 3.63) is 51.5 Å². The van der Waals surface area contributed by atoms with E-state index in [1.54, 1.807) is 11.3 Å². The predicted molar refractivity (Wildman–Crippen MR) is 76.4 cm³/mol. The van der Waals surface area contributed by atoms with Crippen LogP contribution >= 0.6 is 11.3 Å². The molecule has 2 aromatic heterocycles. The number of nitrogens with two attached hydrogens (primary N) is 1. The quantitative estimate of drug-likeness (QED) is 0.643. The smallest absolute Gasteiger partial charge is 0.0608 e. The van der Waals surface area contributed by atoms with Crippen LogP contribution in [0.15, 0.2) is 30.5 Å². The first-order valence-corrected chi connectivity index (χ1v) is 7.01. The number of nitrogens with one attached hydrogen (secondary N) is 1. The maximum atomic E-state index is 5.65. The van der Waals surface area contributed by atoms with E-state index < -0.39 is 0 Å². The maximum absolute atomic E-state index is 5.65. The van der Waals surface area contributed by atoms with E-state index in [-0.39, 0.29) is 6.04 Å². The number of aryl methyl sites for hydroxylation is 2. The monoisotopic (exact) mass is 261 g/mol. The molecular formula is C14H19N3S. The van der Waals surface area contributed by atoms with Gasteiger partial charge in [0.1, 0.15) is 0 Å². The minimum Gasteiger partial charge on any atom is -0.271 e. The molecule has 96 valence electrons. The number of thiophene rings is 1. The number of aromatic nitrogens is 1. The van der Waals surface area contributed by atoms with Crippen molar-refractivity contribution in [1.82, 2.24) is 10.4 Å². The molecule has 0 aliphatic carbocycles. The zero-order valence-corrected chi connectivity index (χ0v) is 11.6. The number of hydrogen-bond donors (Lipinski definition) is 2. The van der Waals surface area contributed by atoms with Gasteiger partial charge in [0.15, 0.2) is 0 Å². The Morgan fingerprint density at radius 2 is 2.17 bits per heavy atom. The highest BCUT2D eigenvalue weighted by molar-refractivity contribution is 7.12. The summed E-state index contributed by atoms with van der Waals surface area (Å²) in [5, 5.41) is 0. The van der Waals surface area contributed by atoms with Crippen molar-refractivity contribution in [3.8, 4) is 0 Å². The third-order valence-electron chi connectivity index (χ3n) is 3.01. The first-order valence-electron chi connectivity index (χ1n) is 6.19. The second-order valence-electron chi connectivity index (χ2n) is 4.38. The van der Waals surface area contributed by atoms with E-state index in [2.05, 4.69) is 48.5 Å². The van der Waals surface area contributed by atoms with Crippen molar-refractivity contribution < 1.29 is 0 Å². The van der Waals surface area contributed by atoms with Gasteiger partial charge in [0, 0.05) is 28.1 Å². The van der Waals surface area contributed by atoms with Gasteiger partial charge in [-0.25, -0.2) is 0 Å². The molecule has 1 unspecified atom stereocenters. The summed E-state index contributed by atoms with van der Waals surface area (Å²) < 4.78 is 0. The lowest BCUT2D eigenvalue weighted by Crippen LogP contribution is -2.29. The maximum Gasteiger partial charge on any atom is 0.0608 e. The highest BCUT2D eigenvalue weighted by Crippen LogP contribution is 2.24. The Hall–Kier alpha value is -1.23. The van der Waals surface area contributed by atoms with Gasteiger partial charge < -0.3 is 0 Å². The van der Waals surface area contributed by atoms with Gasteiger partial charge in [-0.05, 0) is 37.1 Å². The Morgan fingerprint density at radius 1 is 1.33 bits per heavy atom. The van der Waals surface area contributed by atoms with E-state index in [0.29, 0.717) is 0 Å². The Labute approximate surface area is 112 Å². The molecule has 0 bridgehead atoms. The van der Waals surface area contributed by atoms with Crippen LogP contribution in [0.2, 0.25) is 0 Å². The minimum atomic E-state index is 0.142. The number of rotatable bonds is 5. The van der Waals surface area contributed by atoms with Gasteiger partial charge in [0.05, 0.1) is 6.04 Å². The topological polar surface area (TPSA) is 50.9 Å². The van der Waals surface area contributed by atoms with Gasteiger partial charge in [0.25, 0.3) is 0 Å². The van der Waals surface area contributed by atoms with E-state index in [1.165, 1.54) is 15.3 Å². The van der Waals surface area contributed by atoms with E-state index >= 15 is 0 Å². The van der Waals surface area contributed by atoms with Crippen molar-refractivity contribution in [1.29, 1.82) is 0 Å². The van der Waals surface area contributed by atoms with Gasteiger partial charge in [-0.3, -0.25) is 16.3 Å². The summed E-state index contributed by atoms with van der Waals surface area (Å²) in [4.78, 5) is 7.04. The molecule has 0 saturated heterocycles. The van der Waals surface area contributed by atoms with Crippen LogP contribution in [-0.2, 0) is 12.8 Å². The lowest BCUT2D eigenvalue weighted by atomic mass is 10.1. The molecule has 0 spiro atoms. The van der Waals surface area contributed by atoms with E-state index in [1.807, 2.05) is 6.20 Å². The number of hydrazine groups is 1. The second kappa shape index (κ2) is 6.09. The highest BCUT2D eigenvalue weighted by Gasteiger charge is 2.13. The molecule has 0 aliphatic heterocycles. The number of nitrogens with zero attached hydrogens (tertiary/aromatic N) is 1. The molecule has 2 aromatic rings. The van der Waals surface area contributed by atoms with Crippen LogP contribution in [0.5, 0.6) is 0 Å². The molecule has 2 rings (SSSR count). The average Bonchev–Trinajstić information content (AvgIpc) is 2.83. The molecule has 0 radical (unpaired) electrons. The Bertz CT molecular complexity index is 490. The number of hydrogen-bond acceptors (Lipinski definition) is 4. The van der Waals surface area contributed by atoms with Crippen molar-refractivity contribution in [2.45, 2.75) is 32.7 Å². The fraction of sp³-hybridized carbons (Fsp3) is 0.357. The summed E-state index contributed by atoms with van der Waals surface area (Å²) in [6, 6.07) is 8.62. The predicted octanol–water partition coefficient (Wildman–Crippen LogP) is 2.76. The largest absolute Gasteiger partial charge is 0.271 e. The van der Waals surface area contributed by atoms with Crippen LogP contribution in [0.3, 0.4) is 0 Å². The van der Waals surface area contributed by atoms with Gasteiger partial charge in [0.2, 0.25) is 0 Å². The lowest BCUT2D eigenvalue weighted by Gasteiger charge is -2.13. The van der Waals surface area contributed by atoms with Gasteiger partial charge in [-0.15, -0.1) is 11.3 Å². The molecule has 0 aromatic carbocycles. The molecule has 4 heteroatoms. The van der Waals surface area contributed by atoms with Crippen LogP contribution in [0.4, 0.5) is 0 Å². The van der Waals surface area contributed by atoms with Crippen LogP contribution in [0, 0.1) is 6.92 Å². The Morgan fingerprint density at radius 3 is 2.67 bits per heavy atom. The molecule has 0 saturated carbocycles. The molecule has 3 N–H and O–H groups in total.